The topological polar surface area (TPSA) is 374 Å². The number of hydrogen-bond donors (Lipinski definition) is 11. The van der Waals surface area contributed by atoms with Gasteiger partial charge >= 0.3 is 0 Å². The number of likely N-dealkylation sites (N-methyl/N-ethyl adjacent to an activating group) is 1. The lowest BCUT2D eigenvalue weighted by Crippen LogP contribution is -2.61. The van der Waals surface area contributed by atoms with E-state index in [2.05, 4.69) is 37.2 Å². The zero-order valence-electron chi connectivity index (χ0n) is 38.5. The van der Waals surface area contributed by atoms with Crippen molar-refractivity contribution in [1.29, 1.82) is 0 Å². The molecule has 0 aromatic heterocycles. The van der Waals surface area contributed by atoms with Gasteiger partial charge in [0.25, 0.3) is 0 Å². The van der Waals surface area contributed by atoms with E-state index in [4.69, 9.17) is 17.2 Å². The van der Waals surface area contributed by atoms with Gasteiger partial charge in [0.2, 0.25) is 65.0 Å². The molecule has 1 fully saturated rings. The van der Waals surface area contributed by atoms with Crippen LogP contribution in [-0.4, -0.2) is 142 Å². The average Bonchev–Trinajstić information content (AvgIpc) is 3.26. The van der Waals surface area contributed by atoms with Gasteiger partial charge in [-0.25, -0.2) is 0 Å². The number of hydrogen-bond acceptors (Lipinski definition) is 14. The molecule has 14 N–H and O–H groups in total. The summed E-state index contributed by atoms with van der Waals surface area (Å²) in [6, 6.07) is -3.73. The van der Waals surface area contributed by atoms with E-state index >= 15 is 0 Å². The van der Waals surface area contributed by atoms with Crippen molar-refractivity contribution in [1.82, 2.24) is 42.1 Å². The van der Waals surface area contributed by atoms with Crippen LogP contribution in [0.1, 0.15) is 78.7 Å². The first-order chi connectivity index (χ1) is 31.4. The van der Waals surface area contributed by atoms with Gasteiger partial charge < -0.3 is 64.4 Å². The highest BCUT2D eigenvalue weighted by Gasteiger charge is 2.37. The molecular formula is C42H65N11O12S2. The van der Waals surface area contributed by atoms with E-state index in [1.54, 1.807) is 39.8 Å². The Morgan fingerprint density at radius 3 is 1.97 bits per heavy atom. The Morgan fingerprint density at radius 2 is 1.39 bits per heavy atom. The van der Waals surface area contributed by atoms with Gasteiger partial charge in [-0.05, 0) is 49.3 Å². The maximum absolute atomic E-state index is 14.2. The summed E-state index contributed by atoms with van der Waals surface area (Å²) in [6.07, 6.45) is -1.26. The number of nitrogens with one attached hydrogen (secondary N) is 7. The fourth-order valence-corrected chi connectivity index (χ4v) is 8.61. The van der Waals surface area contributed by atoms with Crippen LogP contribution in [0.3, 0.4) is 0 Å². The third kappa shape index (κ3) is 20.1. The van der Waals surface area contributed by atoms with Crippen molar-refractivity contribution in [2.24, 2.45) is 29.0 Å². The lowest BCUT2D eigenvalue weighted by Gasteiger charge is -2.31. The molecule has 8 atom stereocenters. The first-order valence-corrected chi connectivity index (χ1v) is 24.1. The summed E-state index contributed by atoms with van der Waals surface area (Å²) >= 11 is 0. The van der Waals surface area contributed by atoms with Gasteiger partial charge in [0, 0.05) is 37.8 Å². The van der Waals surface area contributed by atoms with Gasteiger partial charge in [-0.2, -0.15) is 0 Å². The maximum atomic E-state index is 14.2. The van der Waals surface area contributed by atoms with Crippen LogP contribution in [0.25, 0.3) is 0 Å². The Kier molecular flexibility index (Phi) is 24.0. The van der Waals surface area contributed by atoms with Crippen molar-refractivity contribution < 1.29 is 57.8 Å². The lowest BCUT2D eigenvalue weighted by molar-refractivity contribution is -0.142. The lowest BCUT2D eigenvalue weighted by atomic mass is 9.96. The zero-order chi connectivity index (χ0) is 50.5. The molecule has 0 bridgehead atoms. The number of amides is 11. The highest BCUT2D eigenvalue weighted by molar-refractivity contribution is 8.76. The number of nitrogens with two attached hydrogens (primary N) is 3. The van der Waals surface area contributed by atoms with E-state index < -0.39 is 133 Å². The number of benzene rings is 1. The second kappa shape index (κ2) is 28.2. The minimum Gasteiger partial charge on any atom is -0.508 e. The van der Waals surface area contributed by atoms with Gasteiger partial charge in [-0.15, -0.1) is 0 Å². The number of carbonyl (C=O) groups is 11. The van der Waals surface area contributed by atoms with Crippen molar-refractivity contribution >= 4 is 86.6 Å². The number of aromatic hydroxyl groups is 1. The summed E-state index contributed by atoms with van der Waals surface area (Å²) in [6.45, 7) is 7.91. The summed E-state index contributed by atoms with van der Waals surface area (Å²) in [5.74, 6) is -9.98. The van der Waals surface area contributed by atoms with Crippen LogP contribution in [0.2, 0.25) is 0 Å². The monoisotopic (exact) mass is 979 g/mol. The highest BCUT2D eigenvalue weighted by Crippen LogP contribution is 2.24. The zero-order valence-corrected chi connectivity index (χ0v) is 40.1. The number of nitrogens with zero attached hydrogens (tertiary/aromatic N) is 1. The smallest absolute Gasteiger partial charge is 0.246 e. The van der Waals surface area contributed by atoms with E-state index in [1.807, 2.05) is 0 Å². The van der Waals surface area contributed by atoms with Gasteiger partial charge in [0.05, 0.1) is 13.0 Å². The van der Waals surface area contributed by atoms with Crippen molar-refractivity contribution in [3.05, 3.63) is 29.8 Å². The molecular weight excluding hydrogens is 915 g/mol. The minimum atomic E-state index is -1.74. The second-order valence-corrected chi connectivity index (χ2v) is 19.2. The van der Waals surface area contributed by atoms with Crippen molar-refractivity contribution in [3.63, 3.8) is 0 Å². The first-order valence-electron chi connectivity index (χ1n) is 21.7. The second-order valence-electron chi connectivity index (χ2n) is 16.6. The number of rotatable bonds is 18. The summed E-state index contributed by atoms with van der Waals surface area (Å²) in [7, 11) is 3.46. The standard InChI is InChI=1S/C42H65N11O12S2/c1-7-22(4)35-41(64)48-26(12-13-31(43)55)38(61)50-29(18-32(44)56)39(62)51-30(42(65)53(6)23(5)36(59)49-27(16-21(2)3)37(60)46-19-33(45)57)20-67-66-15-14-34(58)47-28(40(63)52-35)17-24-8-10-25(54)11-9-24/h8-11,21-23,26-30,35,54H,7,12-20H2,1-6H3,(H2,43,55)(H2,44,56)(H2,45,57)(H,46,60)(H,47,58)(H,48,64)(H,49,59)(H,50,61)(H,51,62)(H,52,63)/t22-,23-,26+,27-,28+,29-,30-,35-/m0/s1. The fourth-order valence-electron chi connectivity index (χ4n) is 6.46. The predicted octanol–water partition coefficient (Wildman–Crippen LogP) is -2.69. The molecule has 0 unspecified atom stereocenters. The molecule has 11 amide bonds. The van der Waals surface area contributed by atoms with E-state index in [9.17, 15) is 57.8 Å². The average molecular weight is 980 g/mol. The van der Waals surface area contributed by atoms with E-state index in [-0.39, 0.29) is 48.9 Å². The van der Waals surface area contributed by atoms with Crippen LogP contribution in [0.5, 0.6) is 5.75 Å². The Hall–Kier alpha value is -6.11. The summed E-state index contributed by atoms with van der Waals surface area (Å²) < 4.78 is 0. The van der Waals surface area contributed by atoms with Crippen LogP contribution < -0.4 is 54.4 Å². The molecule has 23 nitrogen and oxygen atoms in total. The quantitative estimate of drug-likeness (QED) is 0.0668. The molecule has 25 heteroatoms. The molecule has 1 aliphatic heterocycles. The SMILES string of the molecule is CC[C@H](C)[C@@H]1NC(=O)[C@@H](Cc2ccc(O)cc2)NC(=O)CCSSC[C@@H](C(=O)N(C)[C@@H](C)C(=O)N[C@@H](CC(C)C)C(=O)NCC(N)=O)NC(=O)[C@H](CC(N)=O)NC(=O)[C@@H](CCC(N)=O)NC1=O. The summed E-state index contributed by atoms with van der Waals surface area (Å²) in [4.78, 5) is 146. The maximum Gasteiger partial charge on any atom is 0.246 e. The van der Waals surface area contributed by atoms with Gasteiger partial charge in [0.1, 0.15) is 48.0 Å². The first kappa shape index (κ1) is 57.0. The molecule has 2 rings (SSSR count). The minimum absolute atomic E-state index is 0.0293. The largest absolute Gasteiger partial charge is 0.508 e. The number of phenolic OH excluding ortho intramolecular Hbond substituents is 1. The molecule has 0 aliphatic carbocycles. The van der Waals surface area contributed by atoms with E-state index in [1.165, 1.54) is 26.1 Å². The normalized spacial score (nSPS) is 21.7. The Labute approximate surface area is 396 Å². The number of phenols is 1. The van der Waals surface area contributed by atoms with Crippen molar-refractivity contribution in [3.8, 4) is 5.75 Å². The third-order valence-corrected chi connectivity index (χ3v) is 13.0. The molecule has 1 aromatic rings. The van der Waals surface area contributed by atoms with Crippen molar-refractivity contribution in [2.75, 3.05) is 25.1 Å². The van der Waals surface area contributed by atoms with Crippen LogP contribution in [-0.2, 0) is 59.2 Å². The third-order valence-electron chi connectivity index (χ3n) is 10.6. The van der Waals surface area contributed by atoms with E-state index in [0.29, 0.717) is 12.0 Å². The van der Waals surface area contributed by atoms with Crippen LogP contribution in [0, 0.1) is 11.8 Å². The fraction of sp³-hybridized carbons (Fsp3) is 0.595. The number of carbonyl (C=O) groups excluding carboxylic acids is 11. The summed E-state index contributed by atoms with van der Waals surface area (Å²) in [5, 5.41) is 27.6. The molecule has 1 aromatic carbocycles. The number of primary amides is 3. The van der Waals surface area contributed by atoms with E-state index in [0.717, 1.165) is 26.5 Å². The van der Waals surface area contributed by atoms with Crippen LogP contribution >= 0.6 is 21.6 Å². The van der Waals surface area contributed by atoms with Crippen molar-refractivity contribution in [2.45, 2.75) is 122 Å². The van der Waals surface area contributed by atoms with Gasteiger partial charge in [0.15, 0.2) is 0 Å². The molecule has 0 radical (unpaired) electrons. The predicted molar refractivity (Wildman–Crippen MR) is 249 cm³/mol. The summed E-state index contributed by atoms with van der Waals surface area (Å²) in [5.41, 5.74) is 16.6. The Balaban J connectivity index is 2.58. The van der Waals surface area contributed by atoms with Crippen LogP contribution in [0.15, 0.2) is 24.3 Å². The molecule has 372 valence electrons. The van der Waals surface area contributed by atoms with Gasteiger partial charge in [-0.1, -0.05) is 67.8 Å². The Morgan fingerprint density at radius 1 is 0.776 bits per heavy atom. The molecule has 1 saturated heterocycles. The highest BCUT2D eigenvalue weighted by atomic mass is 33.1. The molecule has 1 heterocycles. The van der Waals surface area contributed by atoms with Crippen LogP contribution in [0.4, 0.5) is 0 Å². The molecule has 0 saturated carbocycles. The molecule has 0 spiro atoms. The molecule has 67 heavy (non-hydrogen) atoms. The Bertz CT molecular complexity index is 1960. The molecule has 1 aliphatic rings. The van der Waals surface area contributed by atoms with Gasteiger partial charge in [-0.3, -0.25) is 52.7 Å².